The van der Waals surface area contributed by atoms with Crippen LogP contribution in [0, 0.1) is 10.8 Å². The minimum Gasteiger partial charge on any atom is -0.493 e. The molecule has 0 N–H and O–H groups in total. The topological polar surface area (TPSA) is 88.1 Å². The van der Waals surface area contributed by atoms with Crippen LogP contribution < -0.4 is 14.2 Å². The number of esters is 2. The molecule has 0 aliphatic carbocycles. The SMILES string of the molecule is CCCOc1cc(OC(=O)C(C)(C)C)c(C(C)C)cc1C=C(OC)C(=O)c1ccc(OC(=O)C(C)(C)C)cc1. The van der Waals surface area contributed by atoms with Crippen LogP contribution in [-0.4, -0.2) is 31.4 Å². The summed E-state index contributed by atoms with van der Waals surface area (Å²) in [6, 6.07) is 9.90. The summed E-state index contributed by atoms with van der Waals surface area (Å²) in [4.78, 5) is 38.1. The molecule has 0 amide bonds. The molecule has 2 aromatic rings. The van der Waals surface area contributed by atoms with Crippen LogP contribution in [0.5, 0.6) is 17.2 Å². The predicted molar refractivity (Wildman–Crippen MR) is 152 cm³/mol. The van der Waals surface area contributed by atoms with Gasteiger partial charge in [-0.3, -0.25) is 14.4 Å². The van der Waals surface area contributed by atoms with E-state index in [9.17, 15) is 14.4 Å². The quantitative estimate of drug-likeness (QED) is 0.103. The number of hydrogen-bond donors (Lipinski definition) is 0. The van der Waals surface area contributed by atoms with E-state index in [1.165, 1.54) is 7.11 Å². The Morgan fingerprint density at radius 2 is 1.41 bits per heavy atom. The number of Topliss-reactive ketones (excluding diaryl/α,β-unsaturated/α-hetero) is 1. The van der Waals surface area contributed by atoms with E-state index < -0.39 is 10.8 Å². The Balaban J connectivity index is 2.49. The zero-order valence-electron chi connectivity index (χ0n) is 24.9. The maximum absolute atomic E-state index is 13.3. The number of benzene rings is 2. The molecule has 0 heterocycles. The van der Waals surface area contributed by atoms with Gasteiger partial charge in [0.15, 0.2) is 5.76 Å². The minimum atomic E-state index is -0.673. The third kappa shape index (κ3) is 8.70. The highest BCUT2D eigenvalue weighted by Crippen LogP contribution is 2.36. The number of ketones is 1. The highest BCUT2D eigenvalue weighted by Gasteiger charge is 2.27. The molecular formula is C32H42O7. The van der Waals surface area contributed by atoms with Gasteiger partial charge in [0.1, 0.15) is 17.2 Å². The molecular weight excluding hydrogens is 496 g/mol. The lowest BCUT2D eigenvalue weighted by Gasteiger charge is -2.21. The normalized spacial score (nSPS) is 12.2. The summed E-state index contributed by atoms with van der Waals surface area (Å²) in [7, 11) is 1.43. The lowest BCUT2D eigenvalue weighted by Crippen LogP contribution is -2.26. The van der Waals surface area contributed by atoms with Gasteiger partial charge in [-0.1, -0.05) is 20.8 Å². The summed E-state index contributed by atoms with van der Waals surface area (Å²) in [6.45, 7) is 17.1. The molecule has 0 bridgehead atoms. The zero-order chi connectivity index (χ0) is 29.5. The minimum absolute atomic E-state index is 0.0326. The molecule has 0 aliphatic heterocycles. The fourth-order valence-corrected chi connectivity index (χ4v) is 3.27. The first-order chi connectivity index (χ1) is 18.1. The van der Waals surface area contributed by atoms with Gasteiger partial charge in [-0.15, -0.1) is 0 Å². The molecule has 0 radical (unpaired) electrons. The zero-order valence-corrected chi connectivity index (χ0v) is 24.9. The second-order valence-corrected chi connectivity index (χ2v) is 11.8. The first-order valence-electron chi connectivity index (χ1n) is 13.2. The Morgan fingerprint density at radius 3 is 1.90 bits per heavy atom. The summed E-state index contributed by atoms with van der Waals surface area (Å²) in [5.74, 6) is 0.335. The number of ether oxygens (including phenoxy) is 4. The second kappa shape index (κ2) is 13.0. The predicted octanol–water partition coefficient (Wildman–Crippen LogP) is 7.37. The van der Waals surface area contributed by atoms with Crippen molar-refractivity contribution >= 4 is 23.8 Å². The van der Waals surface area contributed by atoms with E-state index in [2.05, 4.69) is 0 Å². The van der Waals surface area contributed by atoms with Gasteiger partial charge in [0.25, 0.3) is 0 Å². The van der Waals surface area contributed by atoms with Crippen molar-refractivity contribution in [2.45, 2.75) is 74.7 Å². The lowest BCUT2D eigenvalue weighted by molar-refractivity contribution is -0.143. The molecule has 2 rings (SSSR count). The van der Waals surface area contributed by atoms with E-state index in [0.29, 0.717) is 35.0 Å². The van der Waals surface area contributed by atoms with Gasteiger partial charge in [-0.05, 0) is 95.9 Å². The molecule has 212 valence electrons. The van der Waals surface area contributed by atoms with Crippen molar-refractivity contribution in [2.75, 3.05) is 13.7 Å². The van der Waals surface area contributed by atoms with Crippen LogP contribution in [0.4, 0.5) is 0 Å². The molecule has 0 atom stereocenters. The highest BCUT2D eigenvalue weighted by atomic mass is 16.5. The van der Waals surface area contributed by atoms with Crippen LogP contribution in [0.2, 0.25) is 0 Å². The number of rotatable bonds is 10. The van der Waals surface area contributed by atoms with Crippen molar-refractivity contribution in [1.29, 1.82) is 0 Å². The largest absolute Gasteiger partial charge is 0.493 e. The van der Waals surface area contributed by atoms with Gasteiger partial charge in [-0.25, -0.2) is 0 Å². The van der Waals surface area contributed by atoms with Gasteiger partial charge in [0, 0.05) is 17.2 Å². The summed E-state index contributed by atoms with van der Waals surface area (Å²) in [6.07, 6.45) is 2.40. The van der Waals surface area contributed by atoms with E-state index >= 15 is 0 Å². The maximum Gasteiger partial charge on any atom is 0.316 e. The van der Waals surface area contributed by atoms with E-state index in [4.69, 9.17) is 18.9 Å². The number of methoxy groups -OCH3 is 1. The molecule has 7 nitrogen and oxygen atoms in total. The fourth-order valence-electron chi connectivity index (χ4n) is 3.27. The molecule has 7 heteroatoms. The van der Waals surface area contributed by atoms with Crippen molar-refractivity contribution in [3.8, 4) is 17.2 Å². The van der Waals surface area contributed by atoms with Crippen molar-refractivity contribution < 1.29 is 33.3 Å². The first kappa shape index (κ1) is 31.6. The Kier molecular flexibility index (Phi) is 10.5. The van der Waals surface area contributed by atoms with E-state index in [0.717, 1.165) is 12.0 Å². The molecule has 0 fully saturated rings. The fraction of sp³-hybridized carbons (Fsp3) is 0.469. The Bertz CT molecular complexity index is 1210. The Morgan fingerprint density at radius 1 is 0.846 bits per heavy atom. The number of hydrogen-bond acceptors (Lipinski definition) is 7. The van der Waals surface area contributed by atoms with E-state index in [-0.39, 0.29) is 29.4 Å². The average Bonchev–Trinajstić information content (AvgIpc) is 2.85. The first-order valence-corrected chi connectivity index (χ1v) is 13.2. The van der Waals surface area contributed by atoms with Gasteiger partial charge < -0.3 is 18.9 Å². The molecule has 2 aromatic carbocycles. The lowest BCUT2D eigenvalue weighted by atomic mass is 9.96. The third-order valence-corrected chi connectivity index (χ3v) is 5.71. The van der Waals surface area contributed by atoms with Crippen LogP contribution in [0.3, 0.4) is 0 Å². The third-order valence-electron chi connectivity index (χ3n) is 5.71. The Labute approximate surface area is 232 Å². The molecule has 0 spiro atoms. The molecule has 0 unspecified atom stereocenters. The molecule has 0 aliphatic rings. The summed E-state index contributed by atoms with van der Waals surface area (Å²) in [5.41, 5.74) is 0.481. The highest BCUT2D eigenvalue weighted by molar-refractivity contribution is 6.10. The summed E-state index contributed by atoms with van der Waals surface area (Å²) >= 11 is 0. The standard InChI is InChI=1S/C32H42O7/c1-11-16-37-25-19-26(39-30(35)32(7,8)9)24(20(2)3)17-22(25)18-27(36-10)28(33)21-12-14-23(15-13-21)38-29(34)31(4,5)6/h12-15,17-20H,11,16H2,1-10H3. The Hall–Kier alpha value is -3.61. The smallest absolute Gasteiger partial charge is 0.316 e. The van der Waals surface area contributed by atoms with E-state index in [1.807, 2.05) is 26.8 Å². The van der Waals surface area contributed by atoms with Gasteiger partial charge >= 0.3 is 11.9 Å². The maximum atomic E-state index is 13.3. The van der Waals surface area contributed by atoms with Crippen molar-refractivity contribution in [3.63, 3.8) is 0 Å². The van der Waals surface area contributed by atoms with Gasteiger partial charge in [-0.2, -0.15) is 0 Å². The number of carbonyl (C=O) groups excluding carboxylic acids is 3. The molecule has 0 saturated heterocycles. The van der Waals surface area contributed by atoms with Gasteiger partial charge in [0.05, 0.1) is 24.5 Å². The van der Waals surface area contributed by atoms with Crippen molar-refractivity contribution in [3.05, 3.63) is 58.8 Å². The molecule has 39 heavy (non-hydrogen) atoms. The van der Waals surface area contributed by atoms with Gasteiger partial charge in [0.2, 0.25) is 5.78 Å². The van der Waals surface area contributed by atoms with Crippen LogP contribution in [0.25, 0.3) is 6.08 Å². The van der Waals surface area contributed by atoms with Crippen molar-refractivity contribution in [2.24, 2.45) is 10.8 Å². The number of carbonyl (C=O) groups is 3. The van der Waals surface area contributed by atoms with Crippen LogP contribution >= 0.6 is 0 Å². The van der Waals surface area contributed by atoms with Crippen molar-refractivity contribution in [1.82, 2.24) is 0 Å². The van der Waals surface area contributed by atoms with Crippen LogP contribution in [0.15, 0.2) is 42.2 Å². The summed E-state index contributed by atoms with van der Waals surface area (Å²) < 4.78 is 22.7. The van der Waals surface area contributed by atoms with Crippen LogP contribution in [0.1, 0.15) is 96.1 Å². The molecule has 0 aromatic heterocycles. The van der Waals surface area contributed by atoms with Crippen LogP contribution in [-0.2, 0) is 14.3 Å². The number of allylic oxidation sites excluding steroid dienone is 1. The van der Waals surface area contributed by atoms with E-state index in [1.54, 1.807) is 78.0 Å². The second-order valence-electron chi connectivity index (χ2n) is 11.8. The average molecular weight is 539 g/mol. The monoisotopic (exact) mass is 538 g/mol. The molecule has 0 saturated carbocycles. The summed E-state index contributed by atoms with van der Waals surface area (Å²) in [5, 5.41) is 0.